The van der Waals surface area contributed by atoms with Crippen molar-refractivity contribution in [2.24, 2.45) is 0 Å². The van der Waals surface area contributed by atoms with Gasteiger partial charge in [0.2, 0.25) is 0 Å². The van der Waals surface area contributed by atoms with E-state index in [1.807, 2.05) is 11.2 Å². The van der Waals surface area contributed by atoms with E-state index in [0.29, 0.717) is 11.6 Å². The Morgan fingerprint density at radius 3 is 2.21 bits per heavy atom. The molecule has 0 aromatic heterocycles. The Bertz CT molecular complexity index is 197. The van der Waals surface area contributed by atoms with Gasteiger partial charge < -0.3 is 4.74 Å². The Morgan fingerprint density at radius 1 is 1.36 bits per heavy atom. The predicted octanol–water partition coefficient (Wildman–Crippen LogP) is 3.29. The van der Waals surface area contributed by atoms with Crippen molar-refractivity contribution in [3.8, 4) is 0 Å². The van der Waals surface area contributed by atoms with Gasteiger partial charge in [0.15, 0.2) is 0 Å². The van der Waals surface area contributed by atoms with Gasteiger partial charge in [0, 0.05) is 12.7 Å². The number of carbonyl (C=O) groups is 1. The molecule has 0 atom stereocenters. The topological polar surface area (TPSA) is 26.3 Å². The minimum Gasteiger partial charge on any atom is -0.465 e. The Morgan fingerprint density at radius 2 is 1.86 bits per heavy atom. The van der Waals surface area contributed by atoms with Crippen molar-refractivity contribution in [2.75, 3.05) is 12.4 Å². The molecule has 0 aromatic rings. The average Bonchev–Trinajstić information content (AvgIpc) is 1.95. The lowest BCUT2D eigenvalue weighted by Gasteiger charge is -2.36. The molecule has 4 heteroatoms. The van der Waals surface area contributed by atoms with Crippen LogP contribution in [0.4, 0.5) is 0 Å². The highest BCUT2D eigenvalue weighted by molar-refractivity contribution is 8.29. The predicted molar refractivity (Wildman–Crippen MR) is 66.3 cm³/mol. The number of carbonyl (C=O) groups excluding carboxylic acids is 1. The Labute approximate surface area is 92.4 Å². The molecule has 0 aliphatic carbocycles. The molecule has 0 saturated carbocycles. The third kappa shape index (κ3) is 5.05. The number of hydrogen-bond acceptors (Lipinski definition) is 3. The first-order valence-corrected chi connectivity index (χ1v) is 9.65. The van der Waals surface area contributed by atoms with Crippen LogP contribution in [0.15, 0.2) is 0 Å². The van der Waals surface area contributed by atoms with E-state index in [1.54, 1.807) is 0 Å². The summed E-state index contributed by atoms with van der Waals surface area (Å²) < 4.78 is 4.91. The quantitative estimate of drug-likeness (QED) is 0.424. The van der Waals surface area contributed by atoms with Crippen LogP contribution in [0.5, 0.6) is 0 Å². The molecule has 0 unspecified atom stereocenters. The highest BCUT2D eigenvalue weighted by atomic mass is 32.4. The minimum atomic E-state index is -1.25. The van der Waals surface area contributed by atoms with Crippen molar-refractivity contribution < 1.29 is 9.53 Å². The van der Waals surface area contributed by atoms with Gasteiger partial charge in [0.1, 0.15) is 7.22 Å². The van der Waals surface area contributed by atoms with E-state index in [-0.39, 0.29) is 5.97 Å². The molecular formula is C10H22O2SSi. The molecule has 14 heavy (non-hydrogen) atoms. The summed E-state index contributed by atoms with van der Waals surface area (Å²) in [5.41, 5.74) is 0. The summed E-state index contributed by atoms with van der Waals surface area (Å²) in [5, 5.41) is 0.397. The largest absolute Gasteiger partial charge is 0.465 e. The first kappa shape index (κ1) is 14.0. The van der Waals surface area contributed by atoms with Gasteiger partial charge in [-0.05, 0) is 5.04 Å². The SMILES string of the molecule is CC(=O)OCCS[Si](C)(C)C(C)(C)C. The van der Waals surface area contributed by atoms with E-state index in [2.05, 4.69) is 33.9 Å². The van der Waals surface area contributed by atoms with Gasteiger partial charge >= 0.3 is 5.97 Å². The van der Waals surface area contributed by atoms with E-state index in [1.165, 1.54) is 6.92 Å². The lowest BCUT2D eigenvalue weighted by Crippen LogP contribution is -2.34. The van der Waals surface area contributed by atoms with E-state index in [4.69, 9.17) is 4.74 Å². The average molecular weight is 234 g/mol. The van der Waals surface area contributed by atoms with Gasteiger partial charge in [-0.15, -0.1) is 0 Å². The summed E-state index contributed by atoms with van der Waals surface area (Å²) in [6.45, 7) is 13.6. The molecule has 0 amide bonds. The maximum absolute atomic E-state index is 10.5. The van der Waals surface area contributed by atoms with Crippen LogP contribution in [0.1, 0.15) is 27.7 Å². The van der Waals surface area contributed by atoms with Crippen LogP contribution in [0.25, 0.3) is 0 Å². The van der Waals surface area contributed by atoms with Gasteiger partial charge in [0.05, 0.1) is 6.61 Å². The summed E-state index contributed by atoms with van der Waals surface area (Å²) >= 11 is 1.99. The maximum atomic E-state index is 10.5. The lowest BCUT2D eigenvalue weighted by molar-refractivity contribution is -0.140. The number of ether oxygens (including phenoxy) is 1. The Hall–Kier alpha value is 0.0369. The van der Waals surface area contributed by atoms with Crippen molar-refractivity contribution in [3.63, 3.8) is 0 Å². The number of hydrogen-bond donors (Lipinski definition) is 0. The molecule has 0 heterocycles. The highest BCUT2D eigenvalue weighted by Crippen LogP contribution is 2.42. The molecule has 0 aromatic carbocycles. The molecule has 0 N–H and O–H groups in total. The standard InChI is InChI=1S/C10H22O2SSi/c1-9(11)12-7-8-13-14(5,6)10(2,3)4/h7-8H2,1-6H3. The number of esters is 1. The van der Waals surface area contributed by atoms with Crippen LogP contribution in [0.2, 0.25) is 18.1 Å². The Balaban J connectivity index is 3.83. The summed E-state index contributed by atoms with van der Waals surface area (Å²) in [7, 11) is -1.25. The van der Waals surface area contributed by atoms with Gasteiger partial charge in [-0.3, -0.25) is 4.79 Å². The van der Waals surface area contributed by atoms with Gasteiger partial charge in [0.25, 0.3) is 0 Å². The molecule has 0 aliphatic heterocycles. The fourth-order valence-electron chi connectivity index (χ4n) is 0.699. The first-order valence-electron chi connectivity index (χ1n) is 4.94. The second-order valence-electron chi connectivity index (χ2n) is 4.95. The van der Waals surface area contributed by atoms with Crippen LogP contribution in [-0.4, -0.2) is 25.6 Å². The van der Waals surface area contributed by atoms with E-state index in [0.717, 1.165) is 5.75 Å². The van der Waals surface area contributed by atoms with Crippen molar-refractivity contribution in [2.45, 2.75) is 45.8 Å². The fourth-order valence-corrected chi connectivity index (χ4v) is 4.89. The van der Waals surface area contributed by atoms with Crippen LogP contribution in [-0.2, 0) is 9.53 Å². The molecule has 0 bridgehead atoms. The van der Waals surface area contributed by atoms with Crippen molar-refractivity contribution >= 4 is 24.4 Å². The summed E-state index contributed by atoms with van der Waals surface area (Å²) in [5.74, 6) is 0.747. The Kier molecular flexibility index (Phi) is 5.23. The molecule has 0 rings (SSSR count). The molecular weight excluding hydrogens is 212 g/mol. The molecule has 0 aliphatic rings. The fraction of sp³-hybridized carbons (Fsp3) is 0.900. The third-order valence-electron chi connectivity index (χ3n) is 2.66. The van der Waals surface area contributed by atoms with Gasteiger partial charge in [-0.2, -0.15) is 11.2 Å². The van der Waals surface area contributed by atoms with Crippen LogP contribution in [0.3, 0.4) is 0 Å². The molecule has 0 spiro atoms. The second-order valence-corrected chi connectivity index (χ2v) is 14.1. The van der Waals surface area contributed by atoms with Gasteiger partial charge in [-0.1, -0.05) is 33.9 Å². The molecule has 0 fully saturated rings. The van der Waals surface area contributed by atoms with Crippen molar-refractivity contribution in [1.82, 2.24) is 0 Å². The maximum Gasteiger partial charge on any atom is 0.302 e. The number of rotatable bonds is 4. The normalized spacial score (nSPS) is 12.7. The van der Waals surface area contributed by atoms with E-state index in [9.17, 15) is 4.79 Å². The van der Waals surface area contributed by atoms with E-state index >= 15 is 0 Å². The summed E-state index contributed by atoms with van der Waals surface area (Å²) in [4.78, 5) is 10.5. The van der Waals surface area contributed by atoms with Crippen molar-refractivity contribution in [1.29, 1.82) is 0 Å². The smallest absolute Gasteiger partial charge is 0.302 e. The first-order chi connectivity index (χ1) is 6.17. The zero-order chi connectivity index (χ0) is 11.4. The molecule has 2 nitrogen and oxygen atoms in total. The lowest BCUT2D eigenvalue weighted by atomic mass is 10.2. The van der Waals surface area contributed by atoms with Crippen molar-refractivity contribution in [3.05, 3.63) is 0 Å². The molecule has 0 saturated heterocycles. The highest BCUT2D eigenvalue weighted by Gasteiger charge is 2.35. The third-order valence-corrected chi connectivity index (χ3v) is 12.0. The minimum absolute atomic E-state index is 0.180. The molecule has 84 valence electrons. The van der Waals surface area contributed by atoms with E-state index < -0.39 is 7.22 Å². The zero-order valence-electron chi connectivity index (χ0n) is 10.1. The summed E-state index contributed by atoms with van der Waals surface area (Å²) in [6.07, 6.45) is 0. The van der Waals surface area contributed by atoms with Crippen LogP contribution >= 0.6 is 11.2 Å². The van der Waals surface area contributed by atoms with Gasteiger partial charge in [-0.25, -0.2) is 0 Å². The zero-order valence-corrected chi connectivity index (χ0v) is 12.0. The van der Waals surface area contributed by atoms with Crippen LogP contribution in [0, 0.1) is 0 Å². The monoisotopic (exact) mass is 234 g/mol. The molecule has 0 radical (unpaired) electrons. The van der Waals surface area contributed by atoms with Crippen LogP contribution < -0.4 is 0 Å². The summed E-state index contributed by atoms with van der Waals surface area (Å²) in [6, 6.07) is 0. The second kappa shape index (κ2) is 5.21.